The number of ether oxygens (including phenoxy) is 1. The number of nitrogens with two attached hydrogens (primary N) is 1. The molecule has 1 aliphatic heterocycles. The van der Waals surface area contributed by atoms with Crippen LogP contribution in [-0.4, -0.2) is 65.2 Å². The molecule has 0 aromatic carbocycles. The number of nitrogens with one attached hydrogen (secondary N) is 1. The minimum Gasteiger partial charge on any atom is -0.378 e. The molecule has 3 N–H and O–H groups in total. The van der Waals surface area contributed by atoms with E-state index in [1.807, 2.05) is 0 Å². The lowest BCUT2D eigenvalue weighted by molar-refractivity contribution is -0.136. The smallest absolute Gasteiger partial charge is 0.272 e. The lowest BCUT2D eigenvalue weighted by Crippen LogP contribution is -2.50. The van der Waals surface area contributed by atoms with E-state index in [9.17, 15) is 9.59 Å². The number of aromatic nitrogens is 2. The second-order valence-corrected chi connectivity index (χ2v) is 4.92. The fourth-order valence-electron chi connectivity index (χ4n) is 2.14. The molecular weight excluding hydrogens is 274 g/mol. The van der Waals surface area contributed by atoms with Gasteiger partial charge in [0, 0.05) is 32.4 Å². The van der Waals surface area contributed by atoms with Crippen LogP contribution < -0.4 is 11.1 Å². The molecule has 1 aromatic rings. The molecular formula is C13H21N5O3. The Labute approximate surface area is 123 Å². The highest BCUT2D eigenvalue weighted by molar-refractivity contribution is 5.95. The zero-order valence-corrected chi connectivity index (χ0v) is 12.1. The van der Waals surface area contributed by atoms with Gasteiger partial charge in [-0.25, -0.2) is 4.98 Å². The van der Waals surface area contributed by atoms with E-state index in [4.69, 9.17) is 10.5 Å². The predicted molar refractivity (Wildman–Crippen MR) is 75.6 cm³/mol. The van der Waals surface area contributed by atoms with Crippen LogP contribution in [0.1, 0.15) is 17.4 Å². The summed E-state index contributed by atoms with van der Waals surface area (Å²) < 4.78 is 6.94. The molecule has 0 saturated carbocycles. The van der Waals surface area contributed by atoms with Crippen molar-refractivity contribution in [2.45, 2.75) is 19.5 Å². The Bertz CT molecular complexity index is 496. The van der Waals surface area contributed by atoms with Gasteiger partial charge >= 0.3 is 0 Å². The molecule has 1 unspecified atom stereocenters. The first-order valence-electron chi connectivity index (χ1n) is 7.01. The summed E-state index contributed by atoms with van der Waals surface area (Å²) in [7, 11) is 0. The summed E-state index contributed by atoms with van der Waals surface area (Å²) >= 11 is 0. The van der Waals surface area contributed by atoms with Crippen molar-refractivity contribution in [2.75, 3.05) is 32.8 Å². The molecule has 2 amide bonds. The van der Waals surface area contributed by atoms with Gasteiger partial charge in [0.25, 0.3) is 5.91 Å². The molecule has 1 saturated heterocycles. The van der Waals surface area contributed by atoms with Crippen LogP contribution in [-0.2, 0) is 16.1 Å². The van der Waals surface area contributed by atoms with Crippen molar-refractivity contribution in [3.8, 4) is 0 Å². The third kappa shape index (κ3) is 4.02. The lowest BCUT2D eigenvalue weighted by atomic mass is 10.2. The molecule has 1 aromatic heterocycles. The molecule has 8 heteroatoms. The summed E-state index contributed by atoms with van der Waals surface area (Å²) in [6.07, 6.45) is 3.17. The summed E-state index contributed by atoms with van der Waals surface area (Å²) in [6.45, 7) is 4.94. The summed E-state index contributed by atoms with van der Waals surface area (Å²) in [5.41, 5.74) is 5.72. The van der Waals surface area contributed by atoms with E-state index in [0.717, 1.165) is 0 Å². The van der Waals surface area contributed by atoms with Crippen molar-refractivity contribution in [3.05, 3.63) is 18.2 Å². The third-order valence-corrected chi connectivity index (χ3v) is 3.29. The number of hydrogen-bond acceptors (Lipinski definition) is 5. The van der Waals surface area contributed by atoms with Crippen molar-refractivity contribution in [2.24, 2.45) is 5.73 Å². The second kappa shape index (κ2) is 7.19. The van der Waals surface area contributed by atoms with Crippen molar-refractivity contribution in [1.82, 2.24) is 19.8 Å². The van der Waals surface area contributed by atoms with Gasteiger partial charge in [0.2, 0.25) is 5.91 Å². The molecule has 8 nitrogen and oxygen atoms in total. The summed E-state index contributed by atoms with van der Waals surface area (Å²) in [6, 6.07) is -0.588. The van der Waals surface area contributed by atoms with Crippen LogP contribution in [0.25, 0.3) is 0 Å². The number of imidazole rings is 1. The Kier molecular flexibility index (Phi) is 5.29. The summed E-state index contributed by atoms with van der Waals surface area (Å²) in [5.74, 6) is -0.465. The first-order valence-corrected chi connectivity index (χ1v) is 7.01. The minimum absolute atomic E-state index is 0.104. The molecule has 1 fully saturated rings. The molecule has 0 radical (unpaired) electrons. The van der Waals surface area contributed by atoms with Gasteiger partial charge < -0.3 is 25.3 Å². The Balaban J connectivity index is 1.89. The molecule has 1 atom stereocenters. The predicted octanol–water partition coefficient (Wildman–Crippen LogP) is -1.18. The van der Waals surface area contributed by atoms with E-state index in [1.54, 1.807) is 28.9 Å². The molecule has 0 aliphatic carbocycles. The second-order valence-electron chi connectivity index (χ2n) is 4.92. The van der Waals surface area contributed by atoms with Crippen LogP contribution in [0.15, 0.2) is 12.5 Å². The monoisotopic (exact) mass is 295 g/mol. The SMILES string of the molecule is CC(NC(=O)c1cn(CCN)cn1)C(=O)N1CCOCC1. The van der Waals surface area contributed by atoms with Crippen LogP contribution in [0.4, 0.5) is 0 Å². The van der Waals surface area contributed by atoms with Gasteiger partial charge in [-0.3, -0.25) is 9.59 Å². The molecule has 2 rings (SSSR count). The van der Waals surface area contributed by atoms with Crippen LogP contribution in [0, 0.1) is 0 Å². The Hall–Kier alpha value is -1.93. The molecule has 2 heterocycles. The molecule has 0 bridgehead atoms. The number of nitrogens with zero attached hydrogens (tertiary/aromatic N) is 3. The zero-order chi connectivity index (χ0) is 15.2. The van der Waals surface area contributed by atoms with Gasteiger partial charge in [-0.1, -0.05) is 0 Å². The Morgan fingerprint density at radius 2 is 2.19 bits per heavy atom. The number of hydrogen-bond donors (Lipinski definition) is 2. The average Bonchev–Trinajstić information content (AvgIpc) is 2.96. The van der Waals surface area contributed by atoms with Crippen LogP contribution in [0.3, 0.4) is 0 Å². The maximum atomic E-state index is 12.2. The van der Waals surface area contributed by atoms with E-state index < -0.39 is 6.04 Å². The largest absolute Gasteiger partial charge is 0.378 e. The number of rotatable bonds is 5. The first kappa shape index (κ1) is 15.5. The molecule has 0 spiro atoms. The number of carbonyl (C=O) groups is 2. The van der Waals surface area contributed by atoms with Crippen molar-refractivity contribution < 1.29 is 14.3 Å². The van der Waals surface area contributed by atoms with E-state index in [-0.39, 0.29) is 17.5 Å². The van der Waals surface area contributed by atoms with E-state index in [0.29, 0.717) is 39.4 Å². The third-order valence-electron chi connectivity index (χ3n) is 3.29. The number of carbonyl (C=O) groups excluding carboxylic acids is 2. The van der Waals surface area contributed by atoms with Crippen LogP contribution in [0.2, 0.25) is 0 Å². The lowest BCUT2D eigenvalue weighted by Gasteiger charge is -2.29. The van der Waals surface area contributed by atoms with Crippen molar-refractivity contribution in [1.29, 1.82) is 0 Å². The number of morpholine rings is 1. The van der Waals surface area contributed by atoms with E-state index in [2.05, 4.69) is 10.3 Å². The highest BCUT2D eigenvalue weighted by atomic mass is 16.5. The van der Waals surface area contributed by atoms with Gasteiger partial charge in [0.1, 0.15) is 11.7 Å². The normalized spacial score (nSPS) is 16.6. The van der Waals surface area contributed by atoms with Gasteiger partial charge in [-0.05, 0) is 6.92 Å². The maximum Gasteiger partial charge on any atom is 0.272 e. The number of amides is 2. The standard InChI is InChI=1S/C13H21N5O3/c1-10(13(20)18-4-6-21-7-5-18)16-12(19)11-8-17(3-2-14)9-15-11/h8-10H,2-7,14H2,1H3,(H,16,19). The fourth-order valence-corrected chi connectivity index (χ4v) is 2.14. The van der Waals surface area contributed by atoms with Gasteiger partial charge in [-0.15, -0.1) is 0 Å². The Morgan fingerprint density at radius 3 is 2.86 bits per heavy atom. The summed E-state index contributed by atoms with van der Waals surface area (Å²) in [5, 5.41) is 2.67. The molecule has 1 aliphatic rings. The van der Waals surface area contributed by atoms with Crippen molar-refractivity contribution >= 4 is 11.8 Å². The average molecular weight is 295 g/mol. The van der Waals surface area contributed by atoms with E-state index in [1.165, 1.54) is 0 Å². The maximum absolute atomic E-state index is 12.2. The minimum atomic E-state index is -0.588. The van der Waals surface area contributed by atoms with Gasteiger partial charge in [0.15, 0.2) is 0 Å². The van der Waals surface area contributed by atoms with E-state index >= 15 is 0 Å². The molecule has 116 valence electrons. The van der Waals surface area contributed by atoms with Gasteiger partial charge in [0.05, 0.1) is 19.5 Å². The Morgan fingerprint density at radius 1 is 1.48 bits per heavy atom. The van der Waals surface area contributed by atoms with Crippen LogP contribution in [0.5, 0.6) is 0 Å². The van der Waals surface area contributed by atoms with Crippen molar-refractivity contribution in [3.63, 3.8) is 0 Å². The fraction of sp³-hybridized carbons (Fsp3) is 0.615. The highest BCUT2D eigenvalue weighted by Crippen LogP contribution is 2.02. The zero-order valence-electron chi connectivity index (χ0n) is 12.1. The summed E-state index contributed by atoms with van der Waals surface area (Å²) in [4.78, 5) is 29.9. The highest BCUT2D eigenvalue weighted by Gasteiger charge is 2.24. The van der Waals surface area contributed by atoms with Crippen LogP contribution >= 0.6 is 0 Å². The van der Waals surface area contributed by atoms with Gasteiger partial charge in [-0.2, -0.15) is 0 Å². The first-order chi connectivity index (χ1) is 10.1. The molecule has 21 heavy (non-hydrogen) atoms. The topological polar surface area (TPSA) is 102 Å². The quantitative estimate of drug-likeness (QED) is 0.712.